The first-order valence-electron chi connectivity index (χ1n) is 10.2. The summed E-state index contributed by atoms with van der Waals surface area (Å²) in [6.07, 6.45) is 2.95. The number of carbonyl (C=O) groups is 2. The fraction of sp³-hybridized carbons (Fsp3) is 0.280. The number of rotatable bonds is 11. The molecule has 6 heteroatoms. The maximum atomic E-state index is 12.2. The van der Waals surface area contributed by atoms with E-state index in [1.165, 1.54) is 6.08 Å². The van der Waals surface area contributed by atoms with Crippen LogP contribution in [0.25, 0.3) is 11.1 Å². The number of hydrogen-bond acceptors (Lipinski definition) is 4. The molecule has 6 nitrogen and oxygen atoms in total. The number of urea groups is 1. The summed E-state index contributed by atoms with van der Waals surface area (Å²) in [6.45, 7) is 10.0. The van der Waals surface area contributed by atoms with Gasteiger partial charge in [-0.3, -0.25) is 4.90 Å². The quantitative estimate of drug-likeness (QED) is 0.432. The van der Waals surface area contributed by atoms with Crippen molar-refractivity contribution in [2.24, 2.45) is 0 Å². The number of nitrogens with zero attached hydrogens (tertiary/aromatic N) is 1. The molecule has 2 rings (SSSR count). The van der Waals surface area contributed by atoms with Crippen LogP contribution in [-0.2, 0) is 20.7 Å². The van der Waals surface area contributed by atoms with E-state index in [1.807, 2.05) is 55.5 Å². The van der Waals surface area contributed by atoms with Crippen molar-refractivity contribution in [2.45, 2.75) is 19.4 Å². The van der Waals surface area contributed by atoms with E-state index in [-0.39, 0.29) is 12.6 Å². The van der Waals surface area contributed by atoms with E-state index >= 15 is 0 Å². The van der Waals surface area contributed by atoms with Gasteiger partial charge in [-0.05, 0) is 35.7 Å². The molecule has 1 atom stereocenters. The molecule has 0 radical (unpaired) electrons. The summed E-state index contributed by atoms with van der Waals surface area (Å²) in [5.74, 6) is -0.392. The maximum Gasteiger partial charge on any atom is 0.335 e. The van der Waals surface area contributed by atoms with Crippen molar-refractivity contribution in [1.29, 1.82) is 0 Å². The standard InChI is InChI=1S/C25H30N2O4/c1-5-15-26-25(29)27(4)22-10-8-9-21(18-22)20-13-11-19(12-14-20)17-23(30-7-3)24(28)31-16-6-2/h5-6,8-14,18,23H,1-2,7,15-17H2,3-4H3,(H,26,29)/t23-/m0/s1. The van der Waals surface area contributed by atoms with Crippen LogP contribution in [-0.4, -0.2) is 44.9 Å². The number of anilines is 1. The lowest BCUT2D eigenvalue weighted by Crippen LogP contribution is -2.37. The summed E-state index contributed by atoms with van der Waals surface area (Å²) < 4.78 is 10.7. The summed E-state index contributed by atoms with van der Waals surface area (Å²) >= 11 is 0. The molecule has 0 aromatic heterocycles. The first-order valence-corrected chi connectivity index (χ1v) is 10.2. The summed E-state index contributed by atoms with van der Waals surface area (Å²) in [6, 6.07) is 15.5. The van der Waals surface area contributed by atoms with Crippen molar-refractivity contribution in [2.75, 3.05) is 31.7 Å². The van der Waals surface area contributed by atoms with Crippen LogP contribution in [0.2, 0.25) is 0 Å². The number of ether oxygens (including phenoxy) is 2. The molecular weight excluding hydrogens is 392 g/mol. The first kappa shape index (κ1) is 23.9. The number of nitrogens with one attached hydrogen (secondary N) is 1. The molecule has 0 aliphatic carbocycles. The third-order valence-corrected chi connectivity index (χ3v) is 4.62. The highest BCUT2D eigenvalue weighted by molar-refractivity contribution is 5.92. The van der Waals surface area contributed by atoms with Crippen LogP contribution in [0, 0.1) is 0 Å². The highest BCUT2D eigenvalue weighted by Gasteiger charge is 2.20. The van der Waals surface area contributed by atoms with Crippen LogP contribution in [0.4, 0.5) is 10.5 Å². The van der Waals surface area contributed by atoms with Crippen LogP contribution in [0.1, 0.15) is 12.5 Å². The number of hydrogen-bond donors (Lipinski definition) is 1. The van der Waals surface area contributed by atoms with E-state index in [1.54, 1.807) is 18.0 Å². The third-order valence-electron chi connectivity index (χ3n) is 4.62. The molecule has 2 amide bonds. The number of esters is 1. The minimum Gasteiger partial charge on any atom is -0.460 e. The van der Waals surface area contributed by atoms with Gasteiger partial charge >= 0.3 is 12.0 Å². The van der Waals surface area contributed by atoms with E-state index < -0.39 is 12.1 Å². The summed E-state index contributed by atoms with van der Waals surface area (Å²) in [5, 5.41) is 2.76. The maximum absolute atomic E-state index is 12.2. The molecule has 0 bridgehead atoms. The number of benzene rings is 2. The topological polar surface area (TPSA) is 67.9 Å². The van der Waals surface area contributed by atoms with Crippen molar-refractivity contribution in [3.63, 3.8) is 0 Å². The monoisotopic (exact) mass is 422 g/mol. The largest absolute Gasteiger partial charge is 0.460 e. The van der Waals surface area contributed by atoms with E-state index in [4.69, 9.17) is 9.47 Å². The highest BCUT2D eigenvalue weighted by atomic mass is 16.6. The zero-order valence-corrected chi connectivity index (χ0v) is 18.2. The summed E-state index contributed by atoms with van der Waals surface area (Å²) in [5.41, 5.74) is 3.74. The molecular formula is C25H30N2O4. The lowest BCUT2D eigenvalue weighted by atomic mass is 10.0. The SMILES string of the molecule is C=CCNC(=O)N(C)c1cccc(-c2ccc(C[C@H](OCC)C(=O)OCC=C)cc2)c1. The van der Waals surface area contributed by atoms with Gasteiger partial charge in [0.05, 0.1) is 0 Å². The average molecular weight is 423 g/mol. The Bertz CT molecular complexity index is 893. The lowest BCUT2D eigenvalue weighted by Gasteiger charge is -2.18. The second-order valence-corrected chi connectivity index (χ2v) is 6.85. The van der Waals surface area contributed by atoms with Gasteiger partial charge in [0.2, 0.25) is 0 Å². The molecule has 31 heavy (non-hydrogen) atoms. The molecule has 0 saturated carbocycles. The Balaban J connectivity index is 2.12. The van der Waals surface area contributed by atoms with E-state index in [9.17, 15) is 9.59 Å². The Labute approximate surface area is 184 Å². The van der Waals surface area contributed by atoms with Crippen LogP contribution < -0.4 is 10.2 Å². The molecule has 0 spiro atoms. The fourth-order valence-electron chi connectivity index (χ4n) is 2.98. The number of carbonyl (C=O) groups excluding carboxylic acids is 2. The molecule has 0 heterocycles. The van der Waals surface area contributed by atoms with Crippen molar-refractivity contribution < 1.29 is 19.1 Å². The van der Waals surface area contributed by atoms with Crippen LogP contribution in [0.5, 0.6) is 0 Å². The average Bonchev–Trinajstić information content (AvgIpc) is 2.80. The van der Waals surface area contributed by atoms with Gasteiger partial charge in [0, 0.05) is 32.3 Å². The summed E-state index contributed by atoms with van der Waals surface area (Å²) in [4.78, 5) is 25.9. The van der Waals surface area contributed by atoms with Gasteiger partial charge in [0.15, 0.2) is 6.10 Å². The molecule has 0 aliphatic heterocycles. The van der Waals surface area contributed by atoms with Crippen molar-refractivity contribution >= 4 is 17.7 Å². The van der Waals surface area contributed by atoms with E-state index in [0.717, 1.165) is 22.4 Å². The van der Waals surface area contributed by atoms with Gasteiger partial charge in [0.1, 0.15) is 6.61 Å². The molecule has 0 fully saturated rings. The minimum absolute atomic E-state index is 0.164. The third kappa shape index (κ3) is 7.12. The summed E-state index contributed by atoms with van der Waals surface area (Å²) in [7, 11) is 1.72. The predicted molar refractivity (Wildman–Crippen MR) is 124 cm³/mol. The molecule has 2 aromatic rings. The fourth-order valence-corrected chi connectivity index (χ4v) is 2.98. The highest BCUT2D eigenvalue weighted by Crippen LogP contribution is 2.25. The Kier molecular flexibility index (Phi) is 9.52. The molecule has 0 unspecified atom stereocenters. The Morgan fingerprint density at radius 3 is 2.48 bits per heavy atom. The minimum atomic E-state index is -0.651. The predicted octanol–water partition coefficient (Wildman–Crippen LogP) is 4.36. The Morgan fingerprint density at radius 1 is 1.10 bits per heavy atom. The Morgan fingerprint density at radius 2 is 1.84 bits per heavy atom. The van der Waals surface area contributed by atoms with Crippen LogP contribution >= 0.6 is 0 Å². The first-order chi connectivity index (χ1) is 15.0. The van der Waals surface area contributed by atoms with Crippen LogP contribution in [0.15, 0.2) is 73.8 Å². The van der Waals surface area contributed by atoms with Gasteiger partial charge in [-0.1, -0.05) is 55.1 Å². The van der Waals surface area contributed by atoms with E-state index in [0.29, 0.717) is 19.6 Å². The Hall–Kier alpha value is -3.38. The second-order valence-electron chi connectivity index (χ2n) is 6.85. The van der Waals surface area contributed by atoms with E-state index in [2.05, 4.69) is 18.5 Å². The van der Waals surface area contributed by atoms with Crippen LogP contribution in [0.3, 0.4) is 0 Å². The van der Waals surface area contributed by atoms with Gasteiger partial charge in [-0.2, -0.15) is 0 Å². The molecule has 164 valence electrons. The zero-order chi connectivity index (χ0) is 22.6. The molecule has 2 aromatic carbocycles. The molecule has 0 aliphatic rings. The van der Waals surface area contributed by atoms with Crippen molar-refractivity contribution in [1.82, 2.24) is 5.32 Å². The lowest BCUT2D eigenvalue weighted by molar-refractivity contribution is -0.155. The normalized spacial score (nSPS) is 11.3. The zero-order valence-electron chi connectivity index (χ0n) is 18.2. The molecule has 1 N–H and O–H groups in total. The van der Waals surface area contributed by atoms with Crippen molar-refractivity contribution in [3.8, 4) is 11.1 Å². The van der Waals surface area contributed by atoms with Gasteiger partial charge in [-0.25, -0.2) is 9.59 Å². The molecule has 0 saturated heterocycles. The van der Waals surface area contributed by atoms with Crippen molar-refractivity contribution in [3.05, 3.63) is 79.4 Å². The number of amides is 2. The second kappa shape index (κ2) is 12.3. The van der Waals surface area contributed by atoms with Gasteiger partial charge in [0.25, 0.3) is 0 Å². The van der Waals surface area contributed by atoms with Gasteiger partial charge in [-0.15, -0.1) is 6.58 Å². The smallest absolute Gasteiger partial charge is 0.335 e. The van der Waals surface area contributed by atoms with Gasteiger partial charge < -0.3 is 14.8 Å².